The van der Waals surface area contributed by atoms with Crippen LogP contribution < -0.4 is 0 Å². The molecule has 2 aromatic carbocycles. The molecular weight excluding hydrogens is 323 g/mol. The van der Waals surface area contributed by atoms with E-state index in [2.05, 4.69) is 0 Å². The van der Waals surface area contributed by atoms with Crippen molar-refractivity contribution in [3.63, 3.8) is 0 Å². The molecule has 2 aromatic rings. The third kappa shape index (κ3) is 3.63. The Morgan fingerprint density at radius 2 is 1.14 bits per heavy atom. The van der Waals surface area contributed by atoms with Crippen molar-refractivity contribution >= 4 is 40.7 Å². The monoisotopic (exact) mass is 336 g/mol. The predicted octanol–water partition coefficient (Wildman–Crippen LogP) is 5.87. The normalized spacial score (nSPS) is 22.3. The highest BCUT2D eigenvalue weighted by Gasteiger charge is 2.29. The number of ketones is 1. The summed E-state index contributed by atoms with van der Waals surface area (Å²) in [7, 11) is 0. The first kappa shape index (κ1) is 15.0. The van der Waals surface area contributed by atoms with Crippen LogP contribution in [-0.2, 0) is 4.79 Å². The quantitative estimate of drug-likeness (QED) is 0.681. The average Bonchev–Trinajstić information content (AvgIpc) is 2.48. The Kier molecular flexibility index (Phi) is 4.58. The lowest BCUT2D eigenvalue weighted by atomic mass is 10.0. The van der Waals surface area contributed by atoms with Gasteiger partial charge >= 0.3 is 0 Å². The molecule has 1 heterocycles. The van der Waals surface area contributed by atoms with Crippen molar-refractivity contribution in [2.75, 3.05) is 0 Å². The van der Waals surface area contributed by atoms with E-state index in [-0.39, 0.29) is 10.5 Å². The molecule has 2 atom stereocenters. The molecule has 0 spiro atoms. The van der Waals surface area contributed by atoms with Gasteiger partial charge in [-0.1, -0.05) is 47.5 Å². The minimum absolute atomic E-state index is 0.198. The molecule has 108 valence electrons. The highest BCUT2D eigenvalue weighted by atomic mass is 35.5. The van der Waals surface area contributed by atoms with Crippen molar-refractivity contribution in [2.24, 2.45) is 0 Å². The molecule has 0 bridgehead atoms. The number of thioether (sulfide) groups is 1. The van der Waals surface area contributed by atoms with Gasteiger partial charge in [-0.25, -0.2) is 0 Å². The standard InChI is InChI=1S/C17H14Cl2OS/c18-13-5-1-11(2-6-13)16-9-15(20)10-17(21-16)12-3-7-14(19)8-4-12/h1-8,16-17H,9-10H2/t16-,17+. The first-order chi connectivity index (χ1) is 10.1. The van der Waals surface area contributed by atoms with Gasteiger partial charge in [-0.3, -0.25) is 4.79 Å². The van der Waals surface area contributed by atoms with E-state index in [1.165, 1.54) is 0 Å². The van der Waals surface area contributed by atoms with Crippen molar-refractivity contribution in [3.05, 3.63) is 69.7 Å². The van der Waals surface area contributed by atoms with Gasteiger partial charge in [0, 0.05) is 33.4 Å². The minimum atomic E-state index is 0.198. The number of carbonyl (C=O) groups excluding carboxylic acids is 1. The highest BCUT2D eigenvalue weighted by Crippen LogP contribution is 2.48. The average molecular weight is 337 g/mol. The largest absolute Gasteiger partial charge is 0.300 e. The molecule has 0 unspecified atom stereocenters. The van der Waals surface area contributed by atoms with Gasteiger partial charge in [0.2, 0.25) is 0 Å². The topological polar surface area (TPSA) is 17.1 Å². The van der Waals surface area contributed by atoms with Crippen LogP contribution in [-0.4, -0.2) is 5.78 Å². The maximum atomic E-state index is 12.1. The molecule has 21 heavy (non-hydrogen) atoms. The maximum absolute atomic E-state index is 12.1. The van der Waals surface area contributed by atoms with Crippen molar-refractivity contribution in [1.82, 2.24) is 0 Å². The van der Waals surface area contributed by atoms with Gasteiger partial charge in [0.15, 0.2) is 0 Å². The van der Waals surface area contributed by atoms with Gasteiger partial charge in [0.05, 0.1) is 0 Å². The summed E-state index contributed by atoms with van der Waals surface area (Å²) < 4.78 is 0. The number of carbonyl (C=O) groups is 1. The van der Waals surface area contributed by atoms with E-state index >= 15 is 0 Å². The van der Waals surface area contributed by atoms with Crippen molar-refractivity contribution in [2.45, 2.75) is 23.3 Å². The molecule has 1 nitrogen and oxygen atoms in total. The van der Waals surface area contributed by atoms with E-state index in [9.17, 15) is 4.79 Å². The summed E-state index contributed by atoms with van der Waals surface area (Å²) >= 11 is 13.7. The van der Waals surface area contributed by atoms with Crippen LogP contribution in [0.1, 0.15) is 34.5 Å². The third-order valence-corrected chi connectivity index (χ3v) is 5.68. The molecular formula is C17H14Cl2OS. The Morgan fingerprint density at radius 3 is 1.52 bits per heavy atom. The van der Waals surface area contributed by atoms with Gasteiger partial charge in [-0.2, -0.15) is 0 Å². The van der Waals surface area contributed by atoms with Gasteiger partial charge in [0.25, 0.3) is 0 Å². The second-order valence-corrected chi connectivity index (χ2v) is 7.45. The van der Waals surface area contributed by atoms with Crippen molar-refractivity contribution in [3.8, 4) is 0 Å². The minimum Gasteiger partial charge on any atom is -0.300 e. The highest BCUT2D eigenvalue weighted by molar-refractivity contribution is 7.99. The Bertz CT molecular complexity index is 581. The molecule has 1 aliphatic rings. The number of hydrogen-bond donors (Lipinski definition) is 0. The lowest BCUT2D eigenvalue weighted by Gasteiger charge is -2.28. The lowest BCUT2D eigenvalue weighted by Crippen LogP contribution is -2.15. The fraction of sp³-hybridized carbons (Fsp3) is 0.235. The molecule has 0 aromatic heterocycles. The Balaban J connectivity index is 1.82. The molecule has 1 fully saturated rings. The van der Waals surface area contributed by atoms with Gasteiger partial charge in [-0.15, -0.1) is 11.8 Å². The lowest BCUT2D eigenvalue weighted by molar-refractivity contribution is -0.119. The van der Waals surface area contributed by atoms with Crippen molar-refractivity contribution in [1.29, 1.82) is 0 Å². The molecule has 0 N–H and O–H groups in total. The van der Waals surface area contributed by atoms with Crippen LogP contribution in [0.4, 0.5) is 0 Å². The summed E-state index contributed by atoms with van der Waals surface area (Å²) in [6.45, 7) is 0. The molecule has 0 amide bonds. The fourth-order valence-corrected chi connectivity index (χ4v) is 4.38. The van der Waals surface area contributed by atoms with E-state index in [1.807, 2.05) is 60.3 Å². The molecule has 1 aliphatic heterocycles. The van der Waals surface area contributed by atoms with Crippen LogP contribution in [0, 0.1) is 0 Å². The summed E-state index contributed by atoms with van der Waals surface area (Å²) in [5, 5.41) is 1.84. The van der Waals surface area contributed by atoms with Crippen molar-refractivity contribution < 1.29 is 4.79 Å². The van der Waals surface area contributed by atoms with E-state index in [0.717, 1.165) is 21.2 Å². The van der Waals surface area contributed by atoms with Crippen LogP contribution in [0.25, 0.3) is 0 Å². The van der Waals surface area contributed by atoms with E-state index < -0.39 is 0 Å². The molecule has 1 saturated heterocycles. The van der Waals surface area contributed by atoms with Gasteiger partial charge in [0.1, 0.15) is 5.78 Å². The maximum Gasteiger partial charge on any atom is 0.135 e. The molecule has 4 heteroatoms. The zero-order valence-electron chi connectivity index (χ0n) is 11.3. The predicted molar refractivity (Wildman–Crippen MR) is 90.2 cm³/mol. The summed E-state index contributed by atoms with van der Waals surface area (Å²) in [6.07, 6.45) is 1.19. The number of Topliss-reactive ketones (excluding diaryl/α,β-unsaturated/α-hetero) is 1. The number of rotatable bonds is 2. The second-order valence-electron chi connectivity index (χ2n) is 5.16. The smallest absolute Gasteiger partial charge is 0.135 e. The Hall–Kier alpha value is -0.960. The number of hydrogen-bond acceptors (Lipinski definition) is 2. The van der Waals surface area contributed by atoms with E-state index in [1.54, 1.807) is 0 Å². The summed E-state index contributed by atoms with van der Waals surface area (Å²) in [5.41, 5.74) is 2.33. The van der Waals surface area contributed by atoms with Crippen LogP contribution in [0.5, 0.6) is 0 Å². The van der Waals surface area contributed by atoms with Gasteiger partial charge in [-0.05, 0) is 35.4 Å². The summed E-state index contributed by atoms with van der Waals surface area (Å²) in [6, 6.07) is 15.6. The summed E-state index contributed by atoms with van der Waals surface area (Å²) in [5.74, 6) is 0.314. The summed E-state index contributed by atoms with van der Waals surface area (Å²) in [4.78, 5) is 12.1. The number of benzene rings is 2. The van der Waals surface area contributed by atoms with Crippen LogP contribution in [0.2, 0.25) is 10.0 Å². The molecule has 0 radical (unpaired) electrons. The Morgan fingerprint density at radius 1 is 0.762 bits per heavy atom. The zero-order chi connectivity index (χ0) is 14.8. The first-order valence-electron chi connectivity index (χ1n) is 6.80. The van der Waals surface area contributed by atoms with Crippen LogP contribution >= 0.6 is 35.0 Å². The van der Waals surface area contributed by atoms with Crippen LogP contribution in [0.15, 0.2) is 48.5 Å². The second kappa shape index (κ2) is 6.43. The van der Waals surface area contributed by atoms with Crippen LogP contribution in [0.3, 0.4) is 0 Å². The van der Waals surface area contributed by atoms with E-state index in [4.69, 9.17) is 23.2 Å². The molecule has 3 rings (SSSR count). The van der Waals surface area contributed by atoms with Gasteiger partial charge < -0.3 is 0 Å². The molecule has 0 aliphatic carbocycles. The fourth-order valence-electron chi connectivity index (χ4n) is 2.54. The molecule has 0 saturated carbocycles. The Labute approximate surface area is 138 Å². The third-order valence-electron chi connectivity index (χ3n) is 3.64. The first-order valence-corrected chi connectivity index (χ1v) is 8.50. The zero-order valence-corrected chi connectivity index (χ0v) is 13.6. The number of halogens is 2. The van der Waals surface area contributed by atoms with E-state index in [0.29, 0.717) is 18.6 Å². The SMILES string of the molecule is O=C1C[C@@H](c2ccc(Cl)cc2)S[C@@H](c2ccc(Cl)cc2)C1.